The number of hydrogen-bond acceptors (Lipinski definition) is 5. The van der Waals surface area contributed by atoms with Crippen LogP contribution in [0.25, 0.3) is 0 Å². The zero-order valence-electron chi connectivity index (χ0n) is 10.5. The number of esters is 1. The van der Waals surface area contributed by atoms with Gasteiger partial charge in [0.05, 0.1) is 17.1 Å². The number of ether oxygens (including phenoxy) is 1. The molecule has 1 amide bonds. The molecule has 0 aliphatic carbocycles. The van der Waals surface area contributed by atoms with Crippen molar-refractivity contribution in [3.8, 4) is 0 Å². The Morgan fingerprint density at radius 3 is 2.26 bits per heavy atom. The summed E-state index contributed by atoms with van der Waals surface area (Å²) in [6, 6.07) is 5.16. The van der Waals surface area contributed by atoms with Crippen molar-refractivity contribution < 1.29 is 22.7 Å². The van der Waals surface area contributed by atoms with Gasteiger partial charge in [0.25, 0.3) is 10.0 Å². The van der Waals surface area contributed by atoms with E-state index in [0.29, 0.717) is 0 Å². The SMILES string of the molecule is CCOC(=O)c1ccc(S(=O)(=O)NNC(C)=O)cc1. The van der Waals surface area contributed by atoms with Crippen LogP contribution < -0.4 is 10.3 Å². The summed E-state index contributed by atoms with van der Waals surface area (Å²) in [5.74, 6) is -1.06. The third-order valence-electron chi connectivity index (χ3n) is 2.04. The summed E-state index contributed by atoms with van der Waals surface area (Å²) in [6.07, 6.45) is 0. The van der Waals surface area contributed by atoms with Crippen molar-refractivity contribution in [3.05, 3.63) is 29.8 Å². The molecule has 0 aliphatic rings. The van der Waals surface area contributed by atoms with E-state index in [-0.39, 0.29) is 17.1 Å². The highest BCUT2D eigenvalue weighted by atomic mass is 32.2. The molecule has 0 spiro atoms. The van der Waals surface area contributed by atoms with Gasteiger partial charge in [0, 0.05) is 6.92 Å². The molecule has 0 aromatic heterocycles. The molecule has 0 saturated carbocycles. The lowest BCUT2D eigenvalue weighted by Crippen LogP contribution is -2.40. The minimum Gasteiger partial charge on any atom is -0.462 e. The molecule has 2 N–H and O–H groups in total. The Morgan fingerprint density at radius 2 is 1.79 bits per heavy atom. The van der Waals surface area contributed by atoms with Gasteiger partial charge in [-0.15, -0.1) is 4.83 Å². The molecule has 0 fully saturated rings. The van der Waals surface area contributed by atoms with Gasteiger partial charge in [0.2, 0.25) is 5.91 Å². The third kappa shape index (κ3) is 4.34. The van der Waals surface area contributed by atoms with E-state index in [0.717, 1.165) is 0 Å². The Labute approximate surface area is 111 Å². The van der Waals surface area contributed by atoms with Crippen LogP contribution in [0.3, 0.4) is 0 Å². The van der Waals surface area contributed by atoms with Crippen LogP contribution in [0.5, 0.6) is 0 Å². The standard InChI is InChI=1S/C11H14N2O5S/c1-3-18-11(15)9-4-6-10(7-5-9)19(16,17)13-12-8(2)14/h4-7,13H,3H2,1-2H3,(H,12,14). The van der Waals surface area contributed by atoms with Crippen LogP contribution in [-0.2, 0) is 19.6 Å². The molecule has 104 valence electrons. The van der Waals surface area contributed by atoms with E-state index >= 15 is 0 Å². The van der Waals surface area contributed by atoms with E-state index in [2.05, 4.69) is 0 Å². The van der Waals surface area contributed by atoms with Gasteiger partial charge in [-0.3, -0.25) is 10.2 Å². The van der Waals surface area contributed by atoms with Crippen molar-refractivity contribution in [2.45, 2.75) is 18.7 Å². The molecule has 7 nitrogen and oxygen atoms in total. The molecule has 8 heteroatoms. The zero-order valence-corrected chi connectivity index (χ0v) is 11.3. The second-order valence-corrected chi connectivity index (χ2v) is 5.21. The molecule has 0 aliphatic heterocycles. The van der Waals surface area contributed by atoms with Crippen molar-refractivity contribution in [1.29, 1.82) is 0 Å². The van der Waals surface area contributed by atoms with Crippen LogP contribution in [0.4, 0.5) is 0 Å². The second-order valence-electron chi connectivity index (χ2n) is 3.53. The molecular weight excluding hydrogens is 272 g/mol. The predicted octanol–water partition coefficient (Wildman–Crippen LogP) is 0.193. The Morgan fingerprint density at radius 1 is 1.21 bits per heavy atom. The maximum absolute atomic E-state index is 11.7. The normalized spacial score (nSPS) is 10.8. The Balaban J connectivity index is 2.86. The number of sulfonamides is 1. The van der Waals surface area contributed by atoms with Gasteiger partial charge in [0.15, 0.2) is 0 Å². The largest absolute Gasteiger partial charge is 0.462 e. The first-order chi connectivity index (χ1) is 8.86. The van der Waals surface area contributed by atoms with Crippen molar-refractivity contribution >= 4 is 21.9 Å². The predicted molar refractivity (Wildman–Crippen MR) is 66.5 cm³/mol. The van der Waals surface area contributed by atoms with E-state index in [1.807, 2.05) is 10.3 Å². The lowest BCUT2D eigenvalue weighted by atomic mass is 10.2. The number of carbonyl (C=O) groups is 2. The maximum atomic E-state index is 11.7. The van der Waals surface area contributed by atoms with E-state index in [4.69, 9.17) is 4.74 Å². The quantitative estimate of drug-likeness (QED) is 0.594. The average Bonchev–Trinajstić information content (AvgIpc) is 2.37. The molecule has 1 aromatic carbocycles. The van der Waals surface area contributed by atoms with Gasteiger partial charge in [-0.2, -0.15) is 0 Å². The van der Waals surface area contributed by atoms with Crippen LogP contribution in [0.15, 0.2) is 29.2 Å². The van der Waals surface area contributed by atoms with Crippen LogP contribution in [0, 0.1) is 0 Å². The molecule has 1 rings (SSSR count). The van der Waals surface area contributed by atoms with Crippen molar-refractivity contribution in [1.82, 2.24) is 10.3 Å². The van der Waals surface area contributed by atoms with Crippen molar-refractivity contribution in [3.63, 3.8) is 0 Å². The molecular formula is C11H14N2O5S. The fraction of sp³-hybridized carbons (Fsp3) is 0.273. The van der Waals surface area contributed by atoms with Crippen molar-refractivity contribution in [2.24, 2.45) is 0 Å². The first kappa shape index (κ1) is 15.1. The van der Waals surface area contributed by atoms with Gasteiger partial charge >= 0.3 is 5.97 Å². The molecule has 0 unspecified atom stereocenters. The summed E-state index contributed by atoms with van der Waals surface area (Å²) < 4.78 is 28.2. The Hall–Kier alpha value is -1.93. The van der Waals surface area contributed by atoms with Gasteiger partial charge in [-0.1, -0.05) is 0 Å². The van der Waals surface area contributed by atoms with Crippen LogP contribution in [-0.4, -0.2) is 26.9 Å². The van der Waals surface area contributed by atoms with E-state index in [9.17, 15) is 18.0 Å². The smallest absolute Gasteiger partial charge is 0.338 e. The fourth-order valence-electron chi connectivity index (χ4n) is 1.18. The summed E-state index contributed by atoms with van der Waals surface area (Å²) in [7, 11) is -3.84. The molecule has 0 atom stereocenters. The minimum absolute atomic E-state index is 0.0747. The summed E-state index contributed by atoms with van der Waals surface area (Å²) in [6.45, 7) is 3.09. The second kappa shape index (κ2) is 6.30. The van der Waals surface area contributed by atoms with Gasteiger partial charge in [0.1, 0.15) is 0 Å². The van der Waals surface area contributed by atoms with Crippen LogP contribution in [0.1, 0.15) is 24.2 Å². The summed E-state index contributed by atoms with van der Waals surface area (Å²) >= 11 is 0. The van der Waals surface area contributed by atoms with E-state index < -0.39 is 21.9 Å². The zero-order chi connectivity index (χ0) is 14.5. The molecule has 0 radical (unpaired) electrons. The number of hydrogen-bond donors (Lipinski definition) is 2. The van der Waals surface area contributed by atoms with Crippen molar-refractivity contribution in [2.75, 3.05) is 6.61 Å². The topological polar surface area (TPSA) is 102 Å². The maximum Gasteiger partial charge on any atom is 0.338 e. The molecule has 1 aromatic rings. The number of carbonyl (C=O) groups excluding carboxylic acids is 2. The minimum atomic E-state index is -3.84. The fourth-order valence-corrected chi connectivity index (χ4v) is 2.07. The summed E-state index contributed by atoms with van der Waals surface area (Å²) in [5, 5.41) is 0. The molecule has 19 heavy (non-hydrogen) atoms. The number of amides is 1. The molecule has 0 bridgehead atoms. The van der Waals surface area contributed by atoms with Gasteiger partial charge < -0.3 is 4.74 Å². The number of nitrogens with one attached hydrogen (secondary N) is 2. The molecule has 0 heterocycles. The average molecular weight is 286 g/mol. The monoisotopic (exact) mass is 286 g/mol. The number of rotatable bonds is 5. The highest BCUT2D eigenvalue weighted by molar-refractivity contribution is 7.89. The van der Waals surface area contributed by atoms with Gasteiger partial charge in [-0.25, -0.2) is 13.2 Å². The van der Waals surface area contributed by atoms with E-state index in [1.165, 1.54) is 31.2 Å². The first-order valence-electron chi connectivity index (χ1n) is 5.42. The third-order valence-corrected chi connectivity index (χ3v) is 3.30. The number of benzene rings is 1. The van der Waals surface area contributed by atoms with Crippen LogP contribution >= 0.6 is 0 Å². The lowest BCUT2D eigenvalue weighted by Gasteiger charge is -2.07. The first-order valence-corrected chi connectivity index (χ1v) is 6.90. The number of hydrazine groups is 1. The van der Waals surface area contributed by atoms with E-state index in [1.54, 1.807) is 6.92 Å². The molecule has 0 saturated heterocycles. The summed E-state index contributed by atoms with van der Waals surface area (Å²) in [5.41, 5.74) is 2.22. The van der Waals surface area contributed by atoms with Gasteiger partial charge in [-0.05, 0) is 31.2 Å². The Kier molecular flexibility index (Phi) is 5.02. The highest BCUT2D eigenvalue weighted by Crippen LogP contribution is 2.10. The lowest BCUT2D eigenvalue weighted by molar-refractivity contribution is -0.119. The van der Waals surface area contributed by atoms with Crippen LogP contribution in [0.2, 0.25) is 0 Å². The Bertz CT molecular complexity index is 565. The summed E-state index contributed by atoms with van der Waals surface area (Å²) in [4.78, 5) is 23.8. The highest BCUT2D eigenvalue weighted by Gasteiger charge is 2.15.